The third-order valence-electron chi connectivity index (χ3n) is 4.71. The highest BCUT2D eigenvalue weighted by Crippen LogP contribution is 2.24. The zero-order valence-electron chi connectivity index (χ0n) is 17.7. The number of nitrogens with one attached hydrogen (secondary N) is 2. The van der Waals surface area contributed by atoms with Gasteiger partial charge in [0.1, 0.15) is 5.82 Å². The summed E-state index contributed by atoms with van der Waals surface area (Å²) in [6.07, 6.45) is 4.76. The van der Waals surface area contributed by atoms with Crippen molar-refractivity contribution in [3.05, 3.63) is 77.7 Å². The topological polar surface area (TPSA) is 76.0 Å². The minimum absolute atomic E-state index is 0.00192. The van der Waals surface area contributed by atoms with Crippen molar-refractivity contribution in [2.24, 2.45) is 13.0 Å². The van der Waals surface area contributed by atoms with E-state index in [1.54, 1.807) is 48.3 Å². The van der Waals surface area contributed by atoms with Gasteiger partial charge >= 0.3 is 0 Å². The molecule has 0 aliphatic carbocycles. The predicted octanol–water partition coefficient (Wildman–Crippen LogP) is 4.15. The molecule has 1 heterocycles. The SMILES string of the molecule is CC(C)C(=O)NCc1ccc(NC(=O)C=Cc2cnn(C)c2-c2ccc(F)cc2)cc1. The molecule has 2 N–H and O–H groups in total. The highest BCUT2D eigenvalue weighted by molar-refractivity contribution is 6.02. The lowest BCUT2D eigenvalue weighted by molar-refractivity contribution is -0.124. The number of carbonyl (C=O) groups is 2. The molecule has 3 rings (SSSR count). The van der Waals surface area contributed by atoms with E-state index in [4.69, 9.17) is 0 Å². The van der Waals surface area contributed by atoms with E-state index in [0.29, 0.717) is 12.2 Å². The van der Waals surface area contributed by atoms with E-state index in [2.05, 4.69) is 15.7 Å². The fourth-order valence-corrected chi connectivity index (χ4v) is 2.99. The zero-order valence-corrected chi connectivity index (χ0v) is 17.7. The predicted molar refractivity (Wildman–Crippen MR) is 119 cm³/mol. The minimum Gasteiger partial charge on any atom is -0.352 e. The Hall–Kier alpha value is -3.74. The first-order chi connectivity index (χ1) is 14.8. The number of hydrogen-bond acceptors (Lipinski definition) is 3. The summed E-state index contributed by atoms with van der Waals surface area (Å²) in [5.74, 6) is -0.655. The monoisotopic (exact) mass is 420 g/mol. The van der Waals surface area contributed by atoms with Gasteiger partial charge in [0.05, 0.1) is 11.9 Å². The molecule has 3 aromatic rings. The van der Waals surface area contributed by atoms with Gasteiger partial charge in [-0.1, -0.05) is 26.0 Å². The van der Waals surface area contributed by atoms with Crippen molar-refractivity contribution in [1.29, 1.82) is 0 Å². The molecule has 0 unspecified atom stereocenters. The Labute approximate surface area is 180 Å². The lowest BCUT2D eigenvalue weighted by atomic mass is 10.1. The number of benzene rings is 2. The van der Waals surface area contributed by atoms with Crippen LogP contribution in [0.2, 0.25) is 0 Å². The molecule has 0 aliphatic heterocycles. The summed E-state index contributed by atoms with van der Waals surface area (Å²) in [4.78, 5) is 24.0. The van der Waals surface area contributed by atoms with Crippen LogP contribution in [0.25, 0.3) is 17.3 Å². The van der Waals surface area contributed by atoms with Gasteiger partial charge < -0.3 is 10.6 Å². The molecular formula is C24H25FN4O2. The molecule has 0 bridgehead atoms. The average molecular weight is 420 g/mol. The van der Waals surface area contributed by atoms with Crippen LogP contribution in [0.5, 0.6) is 0 Å². The minimum atomic E-state index is -0.310. The van der Waals surface area contributed by atoms with E-state index >= 15 is 0 Å². The summed E-state index contributed by atoms with van der Waals surface area (Å²) in [5.41, 5.74) is 3.94. The molecule has 2 aromatic carbocycles. The van der Waals surface area contributed by atoms with Gasteiger partial charge in [-0.25, -0.2) is 4.39 Å². The Morgan fingerprint density at radius 2 is 1.77 bits per heavy atom. The largest absolute Gasteiger partial charge is 0.352 e. The van der Waals surface area contributed by atoms with Crippen LogP contribution in [-0.4, -0.2) is 21.6 Å². The number of amides is 2. The first-order valence-corrected chi connectivity index (χ1v) is 9.97. The molecule has 0 radical (unpaired) electrons. The van der Waals surface area contributed by atoms with E-state index in [1.807, 2.05) is 26.0 Å². The normalized spacial score (nSPS) is 11.1. The number of anilines is 1. The van der Waals surface area contributed by atoms with Gasteiger partial charge in [-0.15, -0.1) is 0 Å². The van der Waals surface area contributed by atoms with Crippen LogP contribution in [0.4, 0.5) is 10.1 Å². The molecular weight excluding hydrogens is 395 g/mol. The number of aryl methyl sites for hydroxylation is 1. The molecule has 0 aliphatic rings. The van der Waals surface area contributed by atoms with Crippen molar-refractivity contribution in [3.63, 3.8) is 0 Å². The Morgan fingerprint density at radius 3 is 2.42 bits per heavy atom. The smallest absolute Gasteiger partial charge is 0.248 e. The molecule has 31 heavy (non-hydrogen) atoms. The standard InChI is InChI=1S/C24H25FN4O2/c1-16(2)24(31)26-14-17-4-11-21(12-5-17)28-22(30)13-8-19-15-27-29(3)23(19)18-6-9-20(25)10-7-18/h4-13,15-16H,14H2,1-3H3,(H,26,31)(H,28,30). The Morgan fingerprint density at radius 1 is 1.10 bits per heavy atom. The molecule has 160 valence electrons. The van der Waals surface area contributed by atoms with Gasteiger partial charge in [-0.2, -0.15) is 5.10 Å². The van der Waals surface area contributed by atoms with E-state index in [9.17, 15) is 14.0 Å². The summed E-state index contributed by atoms with van der Waals surface area (Å²) < 4.78 is 14.9. The number of rotatable bonds is 7. The lowest BCUT2D eigenvalue weighted by Gasteiger charge is -2.08. The third-order valence-corrected chi connectivity index (χ3v) is 4.71. The first-order valence-electron chi connectivity index (χ1n) is 9.97. The van der Waals surface area contributed by atoms with Crippen LogP contribution in [-0.2, 0) is 23.2 Å². The van der Waals surface area contributed by atoms with Crippen LogP contribution in [0.15, 0.2) is 60.8 Å². The number of halogens is 1. The average Bonchev–Trinajstić information content (AvgIpc) is 3.12. The van der Waals surface area contributed by atoms with E-state index in [0.717, 1.165) is 22.4 Å². The summed E-state index contributed by atoms with van der Waals surface area (Å²) in [5, 5.41) is 9.90. The van der Waals surface area contributed by atoms with E-state index in [-0.39, 0.29) is 23.5 Å². The molecule has 0 fully saturated rings. The number of carbonyl (C=O) groups excluding carboxylic acids is 2. The second-order valence-corrected chi connectivity index (χ2v) is 7.47. The number of aromatic nitrogens is 2. The van der Waals surface area contributed by atoms with Crippen LogP contribution in [0.1, 0.15) is 25.0 Å². The van der Waals surface area contributed by atoms with Gasteiger partial charge in [0.25, 0.3) is 0 Å². The highest BCUT2D eigenvalue weighted by atomic mass is 19.1. The first kappa shape index (κ1) is 22.0. The van der Waals surface area contributed by atoms with E-state index in [1.165, 1.54) is 18.2 Å². The van der Waals surface area contributed by atoms with Gasteiger partial charge in [-0.3, -0.25) is 14.3 Å². The molecule has 6 nitrogen and oxygen atoms in total. The van der Waals surface area contributed by atoms with Gasteiger partial charge in [0.15, 0.2) is 0 Å². The number of hydrogen-bond donors (Lipinski definition) is 2. The molecule has 0 atom stereocenters. The summed E-state index contributed by atoms with van der Waals surface area (Å²) in [6, 6.07) is 13.4. The quantitative estimate of drug-likeness (QED) is 0.564. The van der Waals surface area contributed by atoms with Crippen molar-refractivity contribution in [1.82, 2.24) is 15.1 Å². The Bertz CT molecular complexity index is 1080. The molecule has 0 saturated heterocycles. The highest BCUT2D eigenvalue weighted by Gasteiger charge is 2.10. The zero-order chi connectivity index (χ0) is 22.4. The molecule has 1 aromatic heterocycles. The summed E-state index contributed by atoms with van der Waals surface area (Å²) >= 11 is 0. The van der Waals surface area contributed by atoms with Gasteiger partial charge in [0.2, 0.25) is 11.8 Å². The maximum atomic E-state index is 13.2. The van der Waals surface area contributed by atoms with Crippen LogP contribution in [0, 0.1) is 11.7 Å². The summed E-state index contributed by atoms with van der Waals surface area (Å²) in [7, 11) is 1.79. The number of nitrogens with zero attached hydrogens (tertiary/aromatic N) is 2. The van der Waals surface area contributed by atoms with Gasteiger partial charge in [-0.05, 0) is 48.0 Å². The second kappa shape index (κ2) is 9.84. The Kier molecular flexibility index (Phi) is 6.97. The maximum Gasteiger partial charge on any atom is 0.248 e. The van der Waals surface area contributed by atoms with Crippen molar-refractivity contribution in [2.45, 2.75) is 20.4 Å². The molecule has 2 amide bonds. The maximum absolute atomic E-state index is 13.2. The fraction of sp³-hybridized carbons (Fsp3) is 0.208. The summed E-state index contributed by atoms with van der Waals surface area (Å²) in [6.45, 7) is 4.13. The fourth-order valence-electron chi connectivity index (χ4n) is 2.99. The molecule has 7 heteroatoms. The third kappa shape index (κ3) is 5.88. The molecule has 0 spiro atoms. The van der Waals surface area contributed by atoms with E-state index < -0.39 is 0 Å². The van der Waals surface area contributed by atoms with Crippen molar-refractivity contribution < 1.29 is 14.0 Å². The van der Waals surface area contributed by atoms with Crippen molar-refractivity contribution in [3.8, 4) is 11.3 Å². The van der Waals surface area contributed by atoms with Crippen LogP contribution >= 0.6 is 0 Å². The van der Waals surface area contributed by atoms with Crippen LogP contribution < -0.4 is 10.6 Å². The second-order valence-electron chi connectivity index (χ2n) is 7.47. The van der Waals surface area contributed by atoms with Crippen molar-refractivity contribution in [2.75, 3.05) is 5.32 Å². The molecule has 0 saturated carbocycles. The van der Waals surface area contributed by atoms with Crippen molar-refractivity contribution >= 4 is 23.6 Å². The van der Waals surface area contributed by atoms with Crippen LogP contribution in [0.3, 0.4) is 0 Å². The van der Waals surface area contributed by atoms with Gasteiger partial charge in [0, 0.05) is 42.4 Å². The lowest BCUT2D eigenvalue weighted by Crippen LogP contribution is -2.27. The Balaban J connectivity index is 1.62.